The van der Waals surface area contributed by atoms with Gasteiger partial charge in [0, 0.05) is 24.7 Å². The summed E-state index contributed by atoms with van der Waals surface area (Å²) in [5.74, 6) is 0.906. The van der Waals surface area contributed by atoms with E-state index in [-0.39, 0.29) is 11.9 Å². The maximum absolute atomic E-state index is 12.8. The van der Waals surface area contributed by atoms with Gasteiger partial charge in [0.25, 0.3) is 5.91 Å². The predicted octanol–water partition coefficient (Wildman–Crippen LogP) is 3.08. The van der Waals surface area contributed by atoms with Gasteiger partial charge in [0.15, 0.2) is 0 Å². The second-order valence-electron chi connectivity index (χ2n) is 5.92. The number of likely N-dealkylation sites (tertiary alicyclic amines) is 1. The first-order valence-corrected chi connectivity index (χ1v) is 9.17. The molecule has 1 aliphatic rings. The van der Waals surface area contributed by atoms with Crippen LogP contribution in [-0.4, -0.2) is 41.5 Å². The van der Waals surface area contributed by atoms with Crippen LogP contribution in [0, 0.1) is 6.92 Å². The summed E-state index contributed by atoms with van der Waals surface area (Å²) in [6, 6.07) is 7.99. The molecule has 1 aliphatic heterocycles. The standard InChI is InChI=1S/C18H23N3O2S/c1-3-23-15-8-6-13(7-9-15)17-20-12(2)16(24-17)18(22)21-10-4-5-14(21)11-19/h6-9,14H,3-5,10-11,19H2,1-2H3. The summed E-state index contributed by atoms with van der Waals surface area (Å²) in [5.41, 5.74) is 7.59. The molecule has 0 radical (unpaired) electrons. The molecule has 1 fully saturated rings. The van der Waals surface area contributed by atoms with E-state index in [9.17, 15) is 4.79 Å². The fraction of sp³-hybridized carbons (Fsp3) is 0.444. The van der Waals surface area contributed by atoms with E-state index in [0.29, 0.717) is 13.2 Å². The second kappa shape index (κ2) is 7.32. The van der Waals surface area contributed by atoms with Crippen molar-refractivity contribution in [2.45, 2.75) is 32.7 Å². The SMILES string of the molecule is CCOc1ccc(-c2nc(C)c(C(=O)N3CCCC3CN)s2)cc1. The predicted molar refractivity (Wildman–Crippen MR) is 96.6 cm³/mol. The number of nitrogens with zero attached hydrogens (tertiary/aromatic N) is 2. The van der Waals surface area contributed by atoms with Gasteiger partial charge in [-0.3, -0.25) is 4.79 Å². The molecule has 2 N–H and O–H groups in total. The smallest absolute Gasteiger partial charge is 0.266 e. The molecule has 24 heavy (non-hydrogen) atoms. The Bertz CT molecular complexity index is 712. The summed E-state index contributed by atoms with van der Waals surface area (Å²) in [6.07, 6.45) is 2.02. The van der Waals surface area contributed by atoms with Crippen LogP contribution in [0.15, 0.2) is 24.3 Å². The molecule has 0 bridgehead atoms. The van der Waals surface area contributed by atoms with Gasteiger partial charge in [-0.15, -0.1) is 11.3 Å². The molecule has 1 unspecified atom stereocenters. The normalized spacial score (nSPS) is 17.3. The van der Waals surface area contributed by atoms with E-state index >= 15 is 0 Å². The lowest BCUT2D eigenvalue weighted by Gasteiger charge is -2.22. The van der Waals surface area contributed by atoms with Crippen LogP contribution in [0.2, 0.25) is 0 Å². The largest absolute Gasteiger partial charge is 0.494 e. The number of hydrogen-bond acceptors (Lipinski definition) is 5. The van der Waals surface area contributed by atoms with Crippen molar-refractivity contribution in [1.82, 2.24) is 9.88 Å². The molecule has 6 heteroatoms. The lowest BCUT2D eigenvalue weighted by Crippen LogP contribution is -2.39. The molecule has 1 amide bonds. The molecule has 0 aliphatic carbocycles. The van der Waals surface area contributed by atoms with Crippen LogP contribution in [0.25, 0.3) is 10.6 Å². The average molecular weight is 345 g/mol. The average Bonchev–Trinajstić information content (AvgIpc) is 3.21. The maximum Gasteiger partial charge on any atom is 0.266 e. The van der Waals surface area contributed by atoms with Gasteiger partial charge < -0.3 is 15.4 Å². The number of aryl methyl sites for hydroxylation is 1. The number of benzene rings is 1. The van der Waals surface area contributed by atoms with Crippen LogP contribution >= 0.6 is 11.3 Å². The first-order chi connectivity index (χ1) is 11.6. The molecule has 5 nitrogen and oxygen atoms in total. The fourth-order valence-corrected chi connectivity index (χ4v) is 4.09. The lowest BCUT2D eigenvalue weighted by molar-refractivity contribution is 0.0745. The Kier molecular flexibility index (Phi) is 5.16. The van der Waals surface area contributed by atoms with Gasteiger partial charge in [-0.05, 0) is 51.0 Å². The summed E-state index contributed by atoms with van der Waals surface area (Å²) in [6.45, 7) is 5.82. The highest BCUT2D eigenvalue weighted by atomic mass is 32.1. The van der Waals surface area contributed by atoms with Gasteiger partial charge in [0.2, 0.25) is 0 Å². The summed E-state index contributed by atoms with van der Waals surface area (Å²) in [5, 5.41) is 0.863. The zero-order chi connectivity index (χ0) is 17.1. The van der Waals surface area contributed by atoms with E-state index in [2.05, 4.69) is 4.98 Å². The summed E-state index contributed by atoms with van der Waals surface area (Å²) >= 11 is 1.46. The van der Waals surface area contributed by atoms with E-state index in [0.717, 1.165) is 46.3 Å². The minimum atomic E-state index is 0.0649. The van der Waals surface area contributed by atoms with Gasteiger partial charge in [-0.2, -0.15) is 0 Å². The molecule has 2 heterocycles. The van der Waals surface area contributed by atoms with Crippen molar-refractivity contribution in [3.8, 4) is 16.3 Å². The number of carbonyl (C=O) groups excluding carboxylic acids is 1. The first-order valence-electron chi connectivity index (χ1n) is 8.35. The Morgan fingerprint density at radius 3 is 2.83 bits per heavy atom. The molecule has 1 aromatic carbocycles. The third-order valence-corrected chi connectivity index (χ3v) is 5.51. The van der Waals surface area contributed by atoms with E-state index < -0.39 is 0 Å². The Morgan fingerprint density at radius 2 is 2.17 bits per heavy atom. The fourth-order valence-electron chi connectivity index (χ4n) is 3.06. The van der Waals surface area contributed by atoms with Gasteiger partial charge in [0.1, 0.15) is 15.6 Å². The van der Waals surface area contributed by atoms with Gasteiger partial charge in [-0.25, -0.2) is 4.98 Å². The highest BCUT2D eigenvalue weighted by molar-refractivity contribution is 7.17. The summed E-state index contributed by atoms with van der Waals surface area (Å²) in [4.78, 5) is 20.1. The minimum absolute atomic E-state index is 0.0649. The van der Waals surface area contributed by atoms with Crippen molar-refractivity contribution >= 4 is 17.2 Å². The molecule has 1 atom stereocenters. The second-order valence-corrected chi connectivity index (χ2v) is 6.92. The molecule has 0 saturated carbocycles. The number of ether oxygens (including phenoxy) is 1. The summed E-state index contributed by atoms with van der Waals surface area (Å²) < 4.78 is 5.47. The van der Waals surface area contributed by atoms with Crippen molar-refractivity contribution in [2.24, 2.45) is 5.73 Å². The number of carbonyl (C=O) groups is 1. The molecular weight excluding hydrogens is 322 g/mol. The third-order valence-electron chi connectivity index (χ3n) is 4.31. The van der Waals surface area contributed by atoms with Crippen LogP contribution in [-0.2, 0) is 0 Å². The van der Waals surface area contributed by atoms with E-state index in [1.165, 1.54) is 11.3 Å². The number of amides is 1. The number of hydrogen-bond donors (Lipinski definition) is 1. The highest BCUT2D eigenvalue weighted by Gasteiger charge is 2.30. The molecule has 1 aromatic heterocycles. The van der Waals surface area contributed by atoms with Crippen LogP contribution in [0.1, 0.15) is 35.1 Å². The van der Waals surface area contributed by atoms with Crippen molar-refractivity contribution in [3.05, 3.63) is 34.8 Å². The maximum atomic E-state index is 12.8. The van der Waals surface area contributed by atoms with Crippen molar-refractivity contribution in [2.75, 3.05) is 19.7 Å². The molecule has 128 valence electrons. The van der Waals surface area contributed by atoms with E-state index in [1.54, 1.807) is 0 Å². The molecule has 2 aromatic rings. The van der Waals surface area contributed by atoms with Crippen molar-refractivity contribution in [3.63, 3.8) is 0 Å². The van der Waals surface area contributed by atoms with Gasteiger partial charge >= 0.3 is 0 Å². The zero-order valence-corrected chi connectivity index (χ0v) is 14.9. The number of rotatable bonds is 5. The summed E-state index contributed by atoms with van der Waals surface area (Å²) in [7, 11) is 0. The Balaban J connectivity index is 1.83. The lowest BCUT2D eigenvalue weighted by atomic mass is 10.2. The Labute approximate surface area is 146 Å². The van der Waals surface area contributed by atoms with Crippen LogP contribution in [0.5, 0.6) is 5.75 Å². The van der Waals surface area contributed by atoms with Gasteiger partial charge in [0.05, 0.1) is 12.3 Å². The number of nitrogens with two attached hydrogens (primary N) is 1. The van der Waals surface area contributed by atoms with E-state index in [4.69, 9.17) is 10.5 Å². The van der Waals surface area contributed by atoms with Crippen LogP contribution in [0.4, 0.5) is 0 Å². The third kappa shape index (κ3) is 3.30. The number of thiazole rings is 1. The quantitative estimate of drug-likeness (QED) is 0.904. The van der Waals surface area contributed by atoms with Crippen LogP contribution < -0.4 is 10.5 Å². The Morgan fingerprint density at radius 1 is 1.42 bits per heavy atom. The zero-order valence-electron chi connectivity index (χ0n) is 14.1. The molecular formula is C18H23N3O2S. The minimum Gasteiger partial charge on any atom is -0.494 e. The monoisotopic (exact) mass is 345 g/mol. The van der Waals surface area contributed by atoms with Gasteiger partial charge in [-0.1, -0.05) is 0 Å². The first kappa shape index (κ1) is 16.9. The van der Waals surface area contributed by atoms with Crippen molar-refractivity contribution < 1.29 is 9.53 Å². The Hall–Kier alpha value is -1.92. The van der Waals surface area contributed by atoms with Crippen molar-refractivity contribution in [1.29, 1.82) is 0 Å². The molecule has 3 rings (SSSR count). The molecule has 1 saturated heterocycles. The molecule has 0 spiro atoms. The number of aromatic nitrogens is 1. The van der Waals surface area contributed by atoms with Crippen LogP contribution in [0.3, 0.4) is 0 Å². The highest BCUT2D eigenvalue weighted by Crippen LogP contribution is 2.31. The van der Waals surface area contributed by atoms with E-state index in [1.807, 2.05) is 43.0 Å². The topological polar surface area (TPSA) is 68.5 Å².